The van der Waals surface area contributed by atoms with Gasteiger partial charge in [0.25, 0.3) is 5.91 Å². The summed E-state index contributed by atoms with van der Waals surface area (Å²) in [5.74, 6) is 1.08. The lowest BCUT2D eigenvalue weighted by Gasteiger charge is -2.14. The lowest BCUT2D eigenvalue weighted by molar-refractivity contribution is 0.0953. The fraction of sp³-hybridized carbons (Fsp3) is 0.636. The molecule has 1 aromatic rings. The predicted octanol–water partition coefficient (Wildman–Crippen LogP) is 5.10. The molecule has 1 N–H and O–H groups in total. The molecule has 1 aliphatic rings. The van der Waals surface area contributed by atoms with Crippen LogP contribution in [0.15, 0.2) is 17.2 Å². The van der Waals surface area contributed by atoms with E-state index in [2.05, 4.69) is 10.5 Å². The topological polar surface area (TPSA) is 69.2 Å². The molecule has 28 heavy (non-hydrogen) atoms. The highest BCUT2D eigenvalue weighted by Gasteiger charge is 2.17. The third kappa shape index (κ3) is 6.73. The molecule has 6 nitrogen and oxygen atoms in total. The van der Waals surface area contributed by atoms with Crippen LogP contribution in [0.4, 0.5) is 0 Å². The average Bonchev–Trinajstić information content (AvgIpc) is 2.71. The number of ether oxygens (including phenoxy) is 3. The molecule has 1 aromatic carbocycles. The van der Waals surface area contributed by atoms with Gasteiger partial charge in [0.05, 0.1) is 21.3 Å². The number of amides is 1. The Hall–Kier alpha value is -2.24. The molecule has 0 radical (unpaired) electrons. The van der Waals surface area contributed by atoms with E-state index in [0.29, 0.717) is 22.8 Å². The Labute approximate surface area is 168 Å². The van der Waals surface area contributed by atoms with Crippen LogP contribution in [0.2, 0.25) is 0 Å². The van der Waals surface area contributed by atoms with E-state index >= 15 is 0 Å². The van der Waals surface area contributed by atoms with E-state index in [1.165, 1.54) is 66.3 Å². The minimum atomic E-state index is -0.280. The van der Waals surface area contributed by atoms with Crippen molar-refractivity contribution in [2.45, 2.75) is 70.6 Å². The summed E-state index contributed by atoms with van der Waals surface area (Å²) < 4.78 is 15.9. The average molecular weight is 391 g/mol. The molecule has 0 atom stereocenters. The molecule has 1 aliphatic carbocycles. The highest BCUT2D eigenvalue weighted by molar-refractivity contribution is 5.96. The summed E-state index contributed by atoms with van der Waals surface area (Å²) in [4.78, 5) is 12.6. The van der Waals surface area contributed by atoms with Crippen molar-refractivity contribution in [2.24, 2.45) is 5.10 Å². The molecule has 1 saturated carbocycles. The summed E-state index contributed by atoms with van der Waals surface area (Å²) in [6.45, 7) is 0. The van der Waals surface area contributed by atoms with Crippen molar-refractivity contribution < 1.29 is 19.0 Å². The summed E-state index contributed by atoms with van der Waals surface area (Å²) in [6, 6.07) is 3.27. The van der Waals surface area contributed by atoms with Gasteiger partial charge in [-0.2, -0.15) is 5.10 Å². The summed E-state index contributed by atoms with van der Waals surface area (Å²) >= 11 is 0. The van der Waals surface area contributed by atoms with Crippen molar-refractivity contribution in [3.8, 4) is 17.2 Å². The number of carbonyl (C=O) groups excluding carboxylic acids is 1. The monoisotopic (exact) mass is 390 g/mol. The highest BCUT2D eigenvalue weighted by Crippen LogP contribution is 2.38. The number of hydrogen-bond acceptors (Lipinski definition) is 5. The minimum absolute atomic E-state index is 0.280. The Morgan fingerprint density at radius 3 is 1.68 bits per heavy atom. The van der Waals surface area contributed by atoms with Gasteiger partial charge in [-0.25, -0.2) is 5.43 Å². The number of nitrogens with zero attached hydrogens (tertiary/aromatic N) is 1. The van der Waals surface area contributed by atoms with Gasteiger partial charge in [-0.05, 0) is 37.8 Å². The summed E-state index contributed by atoms with van der Waals surface area (Å²) in [7, 11) is 4.60. The number of nitrogens with one attached hydrogen (secondary N) is 1. The molecule has 6 heteroatoms. The summed E-state index contributed by atoms with van der Waals surface area (Å²) in [6.07, 6.45) is 13.3. The van der Waals surface area contributed by atoms with Crippen molar-refractivity contribution in [2.75, 3.05) is 21.3 Å². The number of carbonyl (C=O) groups is 1. The van der Waals surface area contributed by atoms with Crippen molar-refractivity contribution in [1.29, 1.82) is 0 Å². The third-order valence-corrected chi connectivity index (χ3v) is 5.17. The quantitative estimate of drug-likeness (QED) is 0.710. The molecular weight excluding hydrogens is 356 g/mol. The Kier molecular flexibility index (Phi) is 9.66. The first-order valence-electron chi connectivity index (χ1n) is 10.4. The van der Waals surface area contributed by atoms with Crippen LogP contribution >= 0.6 is 0 Å². The van der Waals surface area contributed by atoms with Crippen molar-refractivity contribution >= 4 is 11.6 Å². The molecule has 0 spiro atoms. The van der Waals surface area contributed by atoms with E-state index < -0.39 is 0 Å². The molecule has 2 rings (SSSR count). The van der Waals surface area contributed by atoms with Crippen LogP contribution in [-0.4, -0.2) is 32.9 Å². The lowest BCUT2D eigenvalue weighted by Crippen LogP contribution is -2.20. The summed E-state index contributed by atoms with van der Waals surface area (Å²) in [5, 5.41) is 4.45. The highest BCUT2D eigenvalue weighted by atomic mass is 16.5. The van der Waals surface area contributed by atoms with Crippen LogP contribution < -0.4 is 19.6 Å². The van der Waals surface area contributed by atoms with Gasteiger partial charge in [0.2, 0.25) is 5.75 Å². The molecular formula is C22H34N2O4. The second-order valence-electron chi connectivity index (χ2n) is 7.21. The van der Waals surface area contributed by atoms with Gasteiger partial charge >= 0.3 is 0 Å². The normalized spacial score (nSPS) is 16.3. The van der Waals surface area contributed by atoms with Crippen molar-refractivity contribution in [3.05, 3.63) is 17.7 Å². The summed E-state index contributed by atoms with van der Waals surface area (Å²) in [5.41, 5.74) is 4.23. The fourth-order valence-corrected chi connectivity index (χ4v) is 3.54. The molecule has 156 valence electrons. The van der Waals surface area contributed by atoms with Gasteiger partial charge in [0, 0.05) is 11.3 Å². The Morgan fingerprint density at radius 1 is 0.786 bits per heavy atom. The van der Waals surface area contributed by atoms with E-state index in [9.17, 15) is 4.79 Å². The van der Waals surface area contributed by atoms with Gasteiger partial charge in [-0.15, -0.1) is 0 Å². The zero-order valence-electron chi connectivity index (χ0n) is 17.5. The zero-order chi connectivity index (χ0) is 20.2. The standard InChI is InChI=1S/C22H34N2O4/c1-26-19-15-17(16-20(27-2)21(19)28-3)22(25)24-23-18-13-11-9-7-5-4-6-8-10-12-14-18/h15-16H,4-14H2,1-3H3,(H,24,25). The number of methoxy groups -OCH3 is 3. The second-order valence-corrected chi connectivity index (χ2v) is 7.21. The molecule has 0 aromatic heterocycles. The van der Waals surface area contributed by atoms with E-state index in [0.717, 1.165) is 31.4 Å². The van der Waals surface area contributed by atoms with Gasteiger partial charge in [0.15, 0.2) is 11.5 Å². The zero-order valence-corrected chi connectivity index (χ0v) is 17.5. The maximum absolute atomic E-state index is 12.6. The lowest BCUT2D eigenvalue weighted by atomic mass is 10.00. The Bertz CT molecular complexity index is 619. The minimum Gasteiger partial charge on any atom is -0.493 e. The van der Waals surface area contributed by atoms with Crippen LogP contribution in [0.25, 0.3) is 0 Å². The third-order valence-electron chi connectivity index (χ3n) is 5.17. The molecule has 0 heterocycles. The first-order chi connectivity index (χ1) is 13.7. The molecule has 1 amide bonds. The van der Waals surface area contributed by atoms with E-state index in [1.54, 1.807) is 12.1 Å². The van der Waals surface area contributed by atoms with Crippen LogP contribution in [0, 0.1) is 0 Å². The fourth-order valence-electron chi connectivity index (χ4n) is 3.54. The number of benzene rings is 1. The van der Waals surface area contributed by atoms with Crippen molar-refractivity contribution in [3.63, 3.8) is 0 Å². The Balaban J connectivity index is 2.06. The second kappa shape index (κ2) is 12.3. The smallest absolute Gasteiger partial charge is 0.271 e. The first-order valence-corrected chi connectivity index (χ1v) is 10.4. The van der Waals surface area contributed by atoms with Gasteiger partial charge < -0.3 is 14.2 Å². The van der Waals surface area contributed by atoms with Gasteiger partial charge in [0.1, 0.15) is 0 Å². The van der Waals surface area contributed by atoms with Crippen LogP contribution in [0.3, 0.4) is 0 Å². The van der Waals surface area contributed by atoms with Crippen LogP contribution in [0.1, 0.15) is 81.0 Å². The van der Waals surface area contributed by atoms with Gasteiger partial charge in [-0.1, -0.05) is 44.9 Å². The van der Waals surface area contributed by atoms with E-state index in [4.69, 9.17) is 14.2 Å². The Morgan fingerprint density at radius 2 is 1.25 bits per heavy atom. The molecule has 0 bridgehead atoms. The van der Waals surface area contributed by atoms with Gasteiger partial charge in [-0.3, -0.25) is 4.79 Å². The van der Waals surface area contributed by atoms with E-state index in [1.807, 2.05) is 0 Å². The predicted molar refractivity (Wildman–Crippen MR) is 112 cm³/mol. The van der Waals surface area contributed by atoms with E-state index in [-0.39, 0.29) is 5.91 Å². The largest absolute Gasteiger partial charge is 0.493 e. The number of rotatable bonds is 5. The van der Waals surface area contributed by atoms with Crippen LogP contribution in [-0.2, 0) is 0 Å². The van der Waals surface area contributed by atoms with Crippen LogP contribution in [0.5, 0.6) is 17.2 Å². The molecule has 1 fully saturated rings. The van der Waals surface area contributed by atoms with Crippen molar-refractivity contribution in [1.82, 2.24) is 5.43 Å². The first kappa shape index (κ1) is 22.1. The SMILES string of the molecule is COc1cc(C(=O)NN=C2CCCCCCCCCCC2)cc(OC)c1OC. The molecule has 0 saturated heterocycles. The maximum atomic E-state index is 12.6. The molecule has 0 aliphatic heterocycles. The maximum Gasteiger partial charge on any atom is 0.271 e. The number of hydrazone groups is 1. The number of hydrogen-bond donors (Lipinski definition) is 1. The molecule has 0 unspecified atom stereocenters.